The highest BCUT2D eigenvalue weighted by atomic mass is 79.9. The van der Waals surface area contributed by atoms with Crippen molar-refractivity contribution >= 4 is 21.8 Å². The van der Waals surface area contributed by atoms with Gasteiger partial charge in [-0.3, -0.25) is 4.79 Å². The van der Waals surface area contributed by atoms with Gasteiger partial charge >= 0.3 is 0 Å². The quantitative estimate of drug-likeness (QED) is 0.844. The smallest absolute Gasteiger partial charge is 0.251 e. The number of nitrogens with one attached hydrogen (secondary N) is 1. The number of hydrogen-bond acceptors (Lipinski definition) is 2. The Kier molecular flexibility index (Phi) is 5.46. The van der Waals surface area contributed by atoms with Crippen LogP contribution in [0.15, 0.2) is 24.3 Å². The van der Waals surface area contributed by atoms with Crippen LogP contribution in [-0.4, -0.2) is 22.9 Å². The van der Waals surface area contributed by atoms with E-state index in [2.05, 4.69) is 21.2 Å². The summed E-state index contributed by atoms with van der Waals surface area (Å²) in [5.41, 5.74) is 0.670. The molecule has 20 heavy (non-hydrogen) atoms. The fourth-order valence-corrected chi connectivity index (χ4v) is 2.98. The van der Waals surface area contributed by atoms with Crippen molar-refractivity contribution in [2.75, 3.05) is 0 Å². The number of carbonyl (C=O) groups is 1. The lowest BCUT2D eigenvalue weighted by molar-refractivity contribution is 0.0927. The van der Waals surface area contributed by atoms with Gasteiger partial charge < -0.3 is 10.1 Å². The van der Waals surface area contributed by atoms with Gasteiger partial charge in [0.2, 0.25) is 0 Å². The van der Waals surface area contributed by atoms with Gasteiger partial charge in [0.05, 0.1) is 6.10 Å². The first-order valence-electron chi connectivity index (χ1n) is 7.26. The molecule has 1 saturated carbocycles. The second-order valence-corrected chi connectivity index (χ2v) is 6.91. The monoisotopic (exact) mass is 339 g/mol. The fourth-order valence-electron chi connectivity index (χ4n) is 2.45. The molecule has 0 aromatic heterocycles. The van der Waals surface area contributed by atoms with E-state index in [4.69, 9.17) is 4.74 Å². The summed E-state index contributed by atoms with van der Waals surface area (Å²) in [5.74, 6) is 0.744. The predicted octanol–water partition coefficient (Wildman–Crippen LogP) is 3.91. The SMILES string of the molecule is CC(C)Oc1cccc(C(=O)NC2CCC(Br)CC2)c1. The molecule has 0 saturated heterocycles. The third-order valence-electron chi connectivity index (χ3n) is 3.46. The second-order valence-electron chi connectivity index (χ2n) is 5.62. The second kappa shape index (κ2) is 7.11. The molecule has 0 atom stereocenters. The lowest BCUT2D eigenvalue weighted by Crippen LogP contribution is -2.37. The molecule has 3 nitrogen and oxygen atoms in total. The summed E-state index contributed by atoms with van der Waals surface area (Å²) in [6, 6.07) is 7.69. The normalized spacial score (nSPS) is 22.6. The minimum absolute atomic E-state index is 0.00257. The molecule has 0 radical (unpaired) electrons. The van der Waals surface area contributed by atoms with Crippen LogP contribution in [0.3, 0.4) is 0 Å². The molecule has 1 amide bonds. The van der Waals surface area contributed by atoms with E-state index in [0.717, 1.165) is 31.4 Å². The maximum atomic E-state index is 12.3. The van der Waals surface area contributed by atoms with Crippen LogP contribution in [0.1, 0.15) is 49.9 Å². The molecule has 1 aliphatic carbocycles. The van der Waals surface area contributed by atoms with Crippen LogP contribution in [0.25, 0.3) is 0 Å². The Hall–Kier alpha value is -1.03. The minimum Gasteiger partial charge on any atom is -0.491 e. The molecule has 1 N–H and O–H groups in total. The summed E-state index contributed by atoms with van der Waals surface area (Å²) in [6.07, 6.45) is 4.46. The molecule has 4 heteroatoms. The van der Waals surface area contributed by atoms with Crippen molar-refractivity contribution in [3.63, 3.8) is 0 Å². The summed E-state index contributed by atoms with van der Waals surface area (Å²) in [7, 11) is 0. The molecule has 110 valence electrons. The fraction of sp³-hybridized carbons (Fsp3) is 0.562. The molecule has 0 heterocycles. The molecule has 1 aromatic rings. The van der Waals surface area contributed by atoms with E-state index in [1.165, 1.54) is 0 Å². The van der Waals surface area contributed by atoms with Crippen molar-refractivity contribution in [3.8, 4) is 5.75 Å². The zero-order valence-electron chi connectivity index (χ0n) is 12.1. The molecule has 0 spiro atoms. The van der Waals surface area contributed by atoms with Crippen molar-refractivity contribution in [2.45, 2.75) is 56.5 Å². The van der Waals surface area contributed by atoms with Gasteiger partial charge in [0.1, 0.15) is 5.75 Å². The number of amides is 1. The zero-order chi connectivity index (χ0) is 14.5. The average molecular weight is 340 g/mol. The average Bonchev–Trinajstić information content (AvgIpc) is 2.41. The highest BCUT2D eigenvalue weighted by Gasteiger charge is 2.21. The van der Waals surface area contributed by atoms with Gasteiger partial charge in [0.25, 0.3) is 5.91 Å². The first-order chi connectivity index (χ1) is 9.54. The number of halogens is 1. The maximum absolute atomic E-state index is 12.3. The molecular weight excluding hydrogens is 318 g/mol. The lowest BCUT2D eigenvalue weighted by atomic mass is 9.95. The van der Waals surface area contributed by atoms with Crippen LogP contribution in [0.5, 0.6) is 5.75 Å². The van der Waals surface area contributed by atoms with Crippen LogP contribution >= 0.6 is 15.9 Å². The van der Waals surface area contributed by atoms with Crippen LogP contribution in [0.2, 0.25) is 0 Å². The van der Waals surface area contributed by atoms with E-state index in [1.54, 1.807) is 0 Å². The number of benzene rings is 1. The summed E-state index contributed by atoms with van der Waals surface area (Å²) >= 11 is 3.63. The highest BCUT2D eigenvalue weighted by Crippen LogP contribution is 2.24. The van der Waals surface area contributed by atoms with Crippen molar-refractivity contribution in [2.24, 2.45) is 0 Å². The van der Waals surface area contributed by atoms with Crippen molar-refractivity contribution < 1.29 is 9.53 Å². The van der Waals surface area contributed by atoms with Gasteiger partial charge in [-0.1, -0.05) is 22.0 Å². The Morgan fingerprint density at radius 1 is 1.30 bits per heavy atom. The molecular formula is C16H22BrNO2. The summed E-state index contributed by atoms with van der Waals surface area (Å²) in [6.45, 7) is 3.96. The molecule has 0 bridgehead atoms. The Balaban J connectivity index is 1.95. The van der Waals surface area contributed by atoms with Gasteiger partial charge in [-0.25, -0.2) is 0 Å². The van der Waals surface area contributed by atoms with E-state index in [9.17, 15) is 4.79 Å². The van der Waals surface area contributed by atoms with Crippen LogP contribution in [-0.2, 0) is 0 Å². The third kappa shape index (κ3) is 4.51. The largest absolute Gasteiger partial charge is 0.491 e. The first kappa shape index (κ1) is 15.4. The number of rotatable bonds is 4. The number of hydrogen-bond donors (Lipinski definition) is 1. The summed E-state index contributed by atoms with van der Waals surface area (Å²) in [4.78, 5) is 12.9. The maximum Gasteiger partial charge on any atom is 0.251 e. The number of carbonyl (C=O) groups excluding carboxylic acids is 1. The number of ether oxygens (including phenoxy) is 1. The third-order valence-corrected chi connectivity index (χ3v) is 4.38. The Morgan fingerprint density at radius 2 is 2.00 bits per heavy atom. The molecule has 1 fully saturated rings. The first-order valence-corrected chi connectivity index (χ1v) is 8.18. The van der Waals surface area contributed by atoms with E-state index in [1.807, 2.05) is 38.1 Å². The highest BCUT2D eigenvalue weighted by molar-refractivity contribution is 9.09. The Morgan fingerprint density at radius 3 is 2.65 bits per heavy atom. The van der Waals surface area contributed by atoms with Gasteiger partial charge in [0, 0.05) is 16.4 Å². The molecule has 2 rings (SSSR count). The molecule has 1 aromatic carbocycles. The van der Waals surface area contributed by atoms with E-state index >= 15 is 0 Å². The van der Waals surface area contributed by atoms with E-state index < -0.39 is 0 Å². The zero-order valence-corrected chi connectivity index (χ0v) is 13.7. The molecule has 1 aliphatic rings. The Bertz CT molecular complexity index is 454. The topological polar surface area (TPSA) is 38.3 Å². The summed E-state index contributed by atoms with van der Waals surface area (Å²) < 4.78 is 5.62. The van der Waals surface area contributed by atoms with Crippen molar-refractivity contribution in [1.29, 1.82) is 0 Å². The van der Waals surface area contributed by atoms with Crippen LogP contribution in [0, 0.1) is 0 Å². The lowest BCUT2D eigenvalue weighted by Gasteiger charge is -2.26. The number of alkyl halides is 1. The van der Waals surface area contributed by atoms with Gasteiger partial charge in [-0.05, 0) is 57.7 Å². The molecule has 0 unspecified atom stereocenters. The van der Waals surface area contributed by atoms with Gasteiger partial charge in [-0.15, -0.1) is 0 Å². The van der Waals surface area contributed by atoms with Crippen LogP contribution < -0.4 is 10.1 Å². The van der Waals surface area contributed by atoms with E-state index in [-0.39, 0.29) is 12.0 Å². The minimum atomic E-state index is -0.00257. The standard InChI is InChI=1S/C16H22BrNO2/c1-11(2)20-15-5-3-4-12(10-15)16(19)18-14-8-6-13(17)7-9-14/h3-5,10-11,13-14H,6-9H2,1-2H3,(H,18,19). The van der Waals surface area contributed by atoms with Crippen molar-refractivity contribution in [1.82, 2.24) is 5.32 Å². The van der Waals surface area contributed by atoms with E-state index in [0.29, 0.717) is 16.4 Å². The molecule has 0 aliphatic heterocycles. The van der Waals surface area contributed by atoms with Gasteiger partial charge in [-0.2, -0.15) is 0 Å². The predicted molar refractivity (Wildman–Crippen MR) is 84.6 cm³/mol. The Labute approximate surface area is 129 Å². The van der Waals surface area contributed by atoms with Crippen LogP contribution in [0.4, 0.5) is 0 Å². The van der Waals surface area contributed by atoms with Crippen molar-refractivity contribution in [3.05, 3.63) is 29.8 Å². The summed E-state index contributed by atoms with van der Waals surface area (Å²) in [5, 5.41) is 3.12. The van der Waals surface area contributed by atoms with Gasteiger partial charge in [0.15, 0.2) is 0 Å².